The van der Waals surface area contributed by atoms with Crippen LogP contribution in [0.25, 0.3) is 0 Å². The minimum Gasteiger partial charge on any atom is -0.460 e. The van der Waals surface area contributed by atoms with E-state index in [1.807, 2.05) is 0 Å². The maximum atomic E-state index is 12.4. The molecule has 0 unspecified atom stereocenters. The lowest BCUT2D eigenvalue weighted by atomic mass is 10.2. The summed E-state index contributed by atoms with van der Waals surface area (Å²) in [5, 5.41) is 9.34. The fourth-order valence-corrected chi connectivity index (χ4v) is 2.62. The van der Waals surface area contributed by atoms with Crippen molar-refractivity contribution in [2.24, 2.45) is 17.8 Å². The van der Waals surface area contributed by atoms with Gasteiger partial charge >= 0.3 is 5.97 Å². The number of hydrogen-bond acceptors (Lipinski definition) is 5. The topological polar surface area (TPSA) is 76.1 Å². The van der Waals surface area contributed by atoms with E-state index in [1.54, 1.807) is 25.7 Å². The van der Waals surface area contributed by atoms with Crippen LogP contribution in [0.15, 0.2) is 0 Å². The van der Waals surface area contributed by atoms with E-state index in [4.69, 9.17) is 9.47 Å². The molecule has 0 spiro atoms. The van der Waals surface area contributed by atoms with E-state index in [9.17, 15) is 14.7 Å². The zero-order valence-corrected chi connectivity index (χ0v) is 12.3. The molecule has 1 amide bonds. The van der Waals surface area contributed by atoms with Gasteiger partial charge in [-0.3, -0.25) is 9.59 Å². The lowest BCUT2D eigenvalue weighted by Crippen LogP contribution is -2.42. The van der Waals surface area contributed by atoms with Crippen molar-refractivity contribution in [1.29, 1.82) is 0 Å². The van der Waals surface area contributed by atoms with Crippen LogP contribution in [-0.4, -0.2) is 60.4 Å². The Balaban J connectivity index is 1.97. The Labute approximate surface area is 119 Å². The van der Waals surface area contributed by atoms with Crippen LogP contribution in [-0.2, 0) is 19.1 Å². The number of aliphatic hydroxyl groups excluding tert-OH is 1. The van der Waals surface area contributed by atoms with Gasteiger partial charge in [-0.2, -0.15) is 0 Å². The lowest BCUT2D eigenvalue weighted by molar-refractivity contribution is -0.158. The molecule has 1 aliphatic heterocycles. The molecule has 6 nitrogen and oxygen atoms in total. The lowest BCUT2D eigenvalue weighted by Gasteiger charge is -2.27. The minimum absolute atomic E-state index is 0.0665. The van der Waals surface area contributed by atoms with Crippen LogP contribution in [0, 0.1) is 17.8 Å². The molecule has 2 fully saturated rings. The van der Waals surface area contributed by atoms with Crippen molar-refractivity contribution in [2.75, 3.05) is 32.9 Å². The zero-order chi connectivity index (χ0) is 14.9. The molecule has 1 aliphatic carbocycles. The molecule has 0 radical (unpaired) electrons. The zero-order valence-electron chi connectivity index (χ0n) is 12.3. The number of ether oxygens (including phenoxy) is 2. The van der Waals surface area contributed by atoms with Crippen LogP contribution in [0.3, 0.4) is 0 Å². The number of rotatable bonds is 3. The summed E-state index contributed by atoms with van der Waals surface area (Å²) >= 11 is 0. The predicted octanol–water partition coefficient (Wildman–Crippen LogP) is 0.0414. The maximum absolute atomic E-state index is 12.4. The van der Waals surface area contributed by atoms with Crippen molar-refractivity contribution >= 4 is 11.9 Å². The molecule has 2 rings (SSSR count). The number of amides is 1. The van der Waals surface area contributed by atoms with E-state index >= 15 is 0 Å². The summed E-state index contributed by atoms with van der Waals surface area (Å²) in [4.78, 5) is 26.1. The molecular weight excluding hydrogens is 262 g/mol. The highest BCUT2D eigenvalue weighted by atomic mass is 16.6. The van der Waals surface area contributed by atoms with Crippen LogP contribution in [0.1, 0.15) is 20.8 Å². The van der Waals surface area contributed by atoms with Crippen LogP contribution in [0.2, 0.25) is 0 Å². The van der Waals surface area contributed by atoms with Gasteiger partial charge in [0.05, 0.1) is 25.0 Å². The first-order valence-electron chi connectivity index (χ1n) is 7.05. The quantitative estimate of drug-likeness (QED) is 0.741. The van der Waals surface area contributed by atoms with Gasteiger partial charge in [-0.15, -0.1) is 0 Å². The van der Waals surface area contributed by atoms with Crippen LogP contribution >= 0.6 is 0 Å². The molecule has 3 atom stereocenters. The molecule has 2 aliphatic rings. The van der Waals surface area contributed by atoms with Gasteiger partial charge in [-0.05, 0) is 20.8 Å². The monoisotopic (exact) mass is 285 g/mol. The minimum atomic E-state index is -0.577. The summed E-state index contributed by atoms with van der Waals surface area (Å²) in [6.45, 7) is 7.37. The van der Waals surface area contributed by atoms with Gasteiger partial charge in [0.2, 0.25) is 5.91 Å². The van der Waals surface area contributed by atoms with Crippen LogP contribution in [0.4, 0.5) is 0 Å². The Bertz CT molecular complexity index is 384. The summed E-state index contributed by atoms with van der Waals surface area (Å²) in [6, 6.07) is 0. The van der Waals surface area contributed by atoms with Gasteiger partial charge in [0.15, 0.2) is 0 Å². The van der Waals surface area contributed by atoms with E-state index < -0.39 is 17.4 Å². The van der Waals surface area contributed by atoms with Crippen LogP contribution in [0.5, 0.6) is 0 Å². The molecule has 1 saturated heterocycles. The van der Waals surface area contributed by atoms with Crippen molar-refractivity contribution < 1.29 is 24.2 Å². The number of morpholine rings is 1. The molecule has 1 heterocycles. The maximum Gasteiger partial charge on any atom is 0.310 e. The molecule has 0 aromatic carbocycles. The molecule has 0 bridgehead atoms. The number of carbonyl (C=O) groups excluding carboxylic acids is 2. The fraction of sp³-hybridized carbons (Fsp3) is 0.857. The number of aliphatic hydroxyl groups is 1. The first-order chi connectivity index (χ1) is 9.35. The first kappa shape index (κ1) is 15.3. The van der Waals surface area contributed by atoms with Gasteiger partial charge in [-0.1, -0.05) is 0 Å². The summed E-state index contributed by atoms with van der Waals surface area (Å²) < 4.78 is 10.5. The normalized spacial score (nSPS) is 30.0. The highest BCUT2D eigenvalue weighted by Crippen LogP contribution is 2.48. The smallest absolute Gasteiger partial charge is 0.310 e. The summed E-state index contributed by atoms with van der Waals surface area (Å²) in [6.07, 6.45) is 0. The number of hydrogen-bond donors (Lipinski definition) is 1. The Hall–Kier alpha value is -1.14. The van der Waals surface area contributed by atoms with E-state index in [0.717, 1.165) is 0 Å². The van der Waals surface area contributed by atoms with Crippen LogP contribution < -0.4 is 0 Å². The Morgan fingerprint density at radius 1 is 1.25 bits per heavy atom. The van der Waals surface area contributed by atoms with Gasteiger partial charge in [-0.25, -0.2) is 0 Å². The summed E-state index contributed by atoms with van der Waals surface area (Å²) in [7, 11) is 0. The third-order valence-electron chi connectivity index (χ3n) is 3.67. The second kappa shape index (κ2) is 5.69. The van der Waals surface area contributed by atoms with E-state index in [1.165, 1.54) is 0 Å². The molecule has 1 saturated carbocycles. The highest BCUT2D eigenvalue weighted by molar-refractivity contribution is 5.91. The Morgan fingerprint density at radius 3 is 2.35 bits per heavy atom. The Kier molecular flexibility index (Phi) is 4.34. The second-order valence-corrected chi connectivity index (χ2v) is 6.37. The summed E-state index contributed by atoms with van der Waals surface area (Å²) in [5.41, 5.74) is -0.577. The first-order valence-corrected chi connectivity index (χ1v) is 7.05. The van der Waals surface area contributed by atoms with Crippen molar-refractivity contribution in [3.8, 4) is 0 Å². The average molecular weight is 285 g/mol. The van der Waals surface area contributed by atoms with Crippen molar-refractivity contribution in [3.05, 3.63) is 0 Å². The molecule has 0 aromatic rings. The third-order valence-corrected chi connectivity index (χ3v) is 3.67. The Morgan fingerprint density at radius 2 is 1.85 bits per heavy atom. The van der Waals surface area contributed by atoms with Gasteiger partial charge < -0.3 is 19.5 Å². The van der Waals surface area contributed by atoms with Crippen molar-refractivity contribution in [2.45, 2.75) is 26.4 Å². The van der Waals surface area contributed by atoms with Gasteiger partial charge in [0, 0.05) is 25.6 Å². The SMILES string of the molecule is CC(C)(C)OC(=O)[C@@H]1[C@@H](CO)[C@H]1C(=O)N1CCOCC1. The predicted molar refractivity (Wildman–Crippen MR) is 70.8 cm³/mol. The van der Waals surface area contributed by atoms with Crippen molar-refractivity contribution in [1.82, 2.24) is 4.90 Å². The van der Waals surface area contributed by atoms with Crippen molar-refractivity contribution in [3.63, 3.8) is 0 Å². The fourth-order valence-electron chi connectivity index (χ4n) is 2.62. The molecular formula is C14H23NO5. The number of esters is 1. The number of carbonyl (C=O) groups is 2. The molecule has 1 N–H and O–H groups in total. The highest BCUT2D eigenvalue weighted by Gasteiger charge is 2.60. The average Bonchev–Trinajstić information content (AvgIpc) is 3.11. The summed E-state index contributed by atoms with van der Waals surface area (Å²) in [5.74, 6) is -1.70. The van der Waals surface area contributed by atoms with Gasteiger partial charge in [0.1, 0.15) is 5.60 Å². The molecule has 0 aromatic heterocycles. The standard InChI is InChI=1S/C14H23NO5/c1-14(2,3)20-13(18)11-9(8-16)10(11)12(17)15-4-6-19-7-5-15/h9-11,16H,4-8H2,1-3H3/t9-,10+,11+/m0/s1. The third kappa shape index (κ3) is 3.30. The molecule has 20 heavy (non-hydrogen) atoms. The van der Waals surface area contributed by atoms with E-state index in [2.05, 4.69) is 0 Å². The number of nitrogens with zero attached hydrogens (tertiary/aromatic N) is 1. The van der Waals surface area contributed by atoms with E-state index in [0.29, 0.717) is 26.3 Å². The molecule has 6 heteroatoms. The largest absolute Gasteiger partial charge is 0.460 e. The van der Waals surface area contributed by atoms with E-state index in [-0.39, 0.29) is 24.4 Å². The second-order valence-electron chi connectivity index (χ2n) is 6.37. The molecule has 114 valence electrons. The van der Waals surface area contributed by atoms with Gasteiger partial charge in [0.25, 0.3) is 0 Å².